The highest BCUT2D eigenvalue weighted by atomic mass is 35.5. The molecule has 1 saturated carbocycles. The zero-order valence-corrected chi connectivity index (χ0v) is 35.6. The van der Waals surface area contributed by atoms with Gasteiger partial charge in [0.1, 0.15) is 36.5 Å². The monoisotopic (exact) mass is 828 g/mol. The van der Waals surface area contributed by atoms with E-state index in [0.29, 0.717) is 37.3 Å². The van der Waals surface area contributed by atoms with Crippen LogP contribution in [0.5, 0.6) is 17.2 Å². The van der Waals surface area contributed by atoms with Crippen molar-refractivity contribution >= 4 is 23.4 Å². The number of alkyl halides is 1. The van der Waals surface area contributed by atoms with Crippen molar-refractivity contribution in [2.75, 3.05) is 38.9 Å². The molecule has 10 nitrogen and oxygen atoms in total. The van der Waals surface area contributed by atoms with Crippen LogP contribution in [0, 0.1) is 31.6 Å². The molecular formula is C48H61ClN2O8. The number of ether oxygens (including phenoxy) is 4. The van der Waals surface area contributed by atoms with Gasteiger partial charge in [-0.05, 0) is 110 Å². The van der Waals surface area contributed by atoms with E-state index in [9.17, 15) is 15.0 Å². The second kappa shape index (κ2) is 21.3. The number of benzene rings is 3. The smallest absolute Gasteiger partial charge is 0.410 e. The maximum atomic E-state index is 14.1. The lowest BCUT2D eigenvalue weighted by Gasteiger charge is -2.59. The molecule has 3 aromatic carbocycles. The van der Waals surface area contributed by atoms with Crippen LogP contribution in [-0.2, 0) is 20.9 Å². The number of hydrogen-bond acceptors (Lipinski definition) is 9. The average molecular weight is 829 g/mol. The van der Waals surface area contributed by atoms with Crippen molar-refractivity contribution in [3.8, 4) is 17.2 Å². The third-order valence-corrected chi connectivity index (χ3v) is 12.1. The quantitative estimate of drug-likeness (QED) is 0.0472. The summed E-state index contributed by atoms with van der Waals surface area (Å²) in [4.78, 5) is 22.1. The van der Waals surface area contributed by atoms with Crippen LogP contribution < -0.4 is 9.47 Å². The Bertz CT molecular complexity index is 1920. The summed E-state index contributed by atoms with van der Waals surface area (Å²) in [5, 5.41) is 24.8. The Labute approximate surface area is 354 Å². The fraction of sp³-hybridized carbons (Fsp3) is 0.500. The molecule has 11 heteroatoms. The van der Waals surface area contributed by atoms with Gasteiger partial charge in [-0.15, -0.1) is 18.2 Å². The van der Waals surface area contributed by atoms with Crippen LogP contribution in [-0.4, -0.2) is 77.6 Å². The molecule has 1 aliphatic heterocycles. The number of amides is 1. The Morgan fingerprint density at radius 2 is 1.75 bits per heavy atom. The van der Waals surface area contributed by atoms with Crippen molar-refractivity contribution in [2.45, 2.75) is 96.5 Å². The molecule has 318 valence electrons. The lowest BCUT2D eigenvalue weighted by molar-refractivity contribution is -0.255. The Hall–Kier alpha value is -4.35. The van der Waals surface area contributed by atoms with Crippen LogP contribution in [0.2, 0.25) is 0 Å². The first kappa shape index (κ1) is 44.2. The summed E-state index contributed by atoms with van der Waals surface area (Å²) < 4.78 is 26.7. The molecule has 59 heavy (non-hydrogen) atoms. The summed E-state index contributed by atoms with van der Waals surface area (Å²) in [6, 6.07) is 21.3. The predicted molar refractivity (Wildman–Crippen MR) is 231 cm³/mol. The minimum atomic E-state index is -1.38. The number of aryl methyl sites for hydroxylation is 2. The molecule has 0 bridgehead atoms. The Morgan fingerprint density at radius 3 is 2.46 bits per heavy atom. The molecule has 0 spiro atoms. The molecule has 0 aromatic heterocycles. The number of fused-ring (bicyclic) bond motifs is 2. The number of carbonyl (C=O) groups excluding carboxylic acids is 1. The second-order valence-electron chi connectivity index (χ2n) is 15.9. The molecule has 0 radical (unpaired) electrons. The van der Waals surface area contributed by atoms with Gasteiger partial charge in [-0.25, -0.2) is 4.79 Å². The topological polar surface area (TPSA) is 119 Å². The third-order valence-electron chi connectivity index (χ3n) is 12.0. The number of hydrogen-bond donors (Lipinski definition) is 2. The molecular weight excluding hydrogens is 768 g/mol. The van der Waals surface area contributed by atoms with Crippen molar-refractivity contribution in [3.05, 3.63) is 113 Å². The fourth-order valence-electron chi connectivity index (χ4n) is 9.21. The Kier molecular flexibility index (Phi) is 15.9. The van der Waals surface area contributed by atoms with E-state index in [1.165, 1.54) is 5.56 Å². The SMILES string of the molecule is C=CCO[C@@]12Oc3ccc(Oc4ccc(C)c(C)c4)cc3[C@H]3[C@H](CCCCO)[C@@H](CCCCO)C=C(C(=NOCc4ccccc4)C[C@@H]1N(CCC)C(=O)OCCCl)[C@H]32. The van der Waals surface area contributed by atoms with Gasteiger partial charge in [-0.1, -0.05) is 73.5 Å². The molecule has 3 aliphatic rings. The standard InChI is InChI=1S/C48H61ClN2O8/c1-5-23-51(47(54)55-27-22-49)44-31-42(50-57-32-35-14-8-7-9-15-35)40-29-36(16-10-12-24-52)39(17-11-13-25-53)45-41-30-38(58-37-19-18-33(3)34(4)28-37)20-21-43(41)59-48(44,46(40)45)56-26-6-2/h6-9,14-15,18-21,28-30,36,39,44-46,52-53H,2,5,10-13,16-17,22-27,31-32H2,1,3-4H3/t36-,39+,44-,45+,46+,48+/m0/s1. The van der Waals surface area contributed by atoms with E-state index < -0.39 is 23.8 Å². The van der Waals surface area contributed by atoms with Gasteiger partial charge < -0.3 is 34.0 Å². The Morgan fingerprint density at radius 1 is 1.00 bits per heavy atom. The van der Waals surface area contributed by atoms with Gasteiger partial charge >= 0.3 is 6.09 Å². The number of oxime groups is 1. The lowest BCUT2D eigenvalue weighted by Crippen LogP contribution is -2.70. The molecule has 6 rings (SSSR count). The number of aliphatic hydroxyl groups is 2. The first-order valence-corrected chi connectivity index (χ1v) is 21.8. The van der Waals surface area contributed by atoms with Gasteiger partial charge in [0, 0.05) is 37.7 Å². The minimum Gasteiger partial charge on any atom is -0.459 e. The van der Waals surface area contributed by atoms with Gasteiger partial charge in [0.05, 0.1) is 24.1 Å². The summed E-state index contributed by atoms with van der Waals surface area (Å²) in [7, 11) is 0. The van der Waals surface area contributed by atoms with E-state index in [1.54, 1.807) is 11.0 Å². The first-order valence-electron chi connectivity index (χ1n) is 21.3. The maximum Gasteiger partial charge on any atom is 0.410 e. The van der Waals surface area contributed by atoms with Crippen LogP contribution in [0.3, 0.4) is 0 Å². The zero-order valence-electron chi connectivity index (χ0n) is 34.8. The maximum absolute atomic E-state index is 14.1. The predicted octanol–water partition coefficient (Wildman–Crippen LogP) is 10.0. The van der Waals surface area contributed by atoms with Crippen molar-refractivity contribution < 1.29 is 38.8 Å². The largest absolute Gasteiger partial charge is 0.459 e. The van der Waals surface area contributed by atoms with E-state index in [4.69, 9.17) is 40.5 Å². The number of unbranched alkanes of at least 4 members (excludes halogenated alkanes) is 2. The van der Waals surface area contributed by atoms with E-state index >= 15 is 0 Å². The summed E-state index contributed by atoms with van der Waals surface area (Å²) in [5.41, 5.74) is 5.98. The molecule has 0 saturated heterocycles. The fourth-order valence-corrected chi connectivity index (χ4v) is 9.29. The van der Waals surface area contributed by atoms with Crippen LogP contribution in [0.4, 0.5) is 4.79 Å². The molecule has 1 fully saturated rings. The van der Waals surface area contributed by atoms with Crippen molar-refractivity contribution in [2.24, 2.45) is 22.9 Å². The highest BCUT2D eigenvalue weighted by Gasteiger charge is 2.65. The number of aliphatic hydroxyl groups excluding tert-OH is 2. The van der Waals surface area contributed by atoms with Crippen LogP contribution in [0.15, 0.2) is 96.2 Å². The van der Waals surface area contributed by atoms with Crippen molar-refractivity contribution in [1.82, 2.24) is 4.90 Å². The molecule has 2 aliphatic carbocycles. The van der Waals surface area contributed by atoms with Gasteiger partial charge in [0.25, 0.3) is 0 Å². The van der Waals surface area contributed by atoms with Gasteiger partial charge in [-0.3, -0.25) is 4.90 Å². The molecule has 1 heterocycles. The summed E-state index contributed by atoms with van der Waals surface area (Å²) >= 11 is 6.04. The number of halogens is 1. The molecule has 3 aromatic rings. The number of carbonyl (C=O) groups is 1. The number of rotatable bonds is 21. The lowest BCUT2D eigenvalue weighted by atomic mass is 9.55. The summed E-state index contributed by atoms with van der Waals surface area (Å²) in [6.07, 6.45) is 9.18. The van der Waals surface area contributed by atoms with Crippen LogP contribution in [0.1, 0.15) is 86.5 Å². The molecule has 6 atom stereocenters. The van der Waals surface area contributed by atoms with Crippen molar-refractivity contribution in [1.29, 1.82) is 0 Å². The Balaban J connectivity index is 1.57. The summed E-state index contributed by atoms with van der Waals surface area (Å²) in [5.74, 6) is 0.402. The van der Waals surface area contributed by atoms with Crippen LogP contribution in [0.25, 0.3) is 0 Å². The van der Waals surface area contributed by atoms with E-state index in [-0.39, 0.29) is 63.1 Å². The molecule has 1 amide bonds. The van der Waals surface area contributed by atoms with E-state index in [1.807, 2.05) is 61.5 Å². The van der Waals surface area contributed by atoms with E-state index in [2.05, 4.69) is 38.6 Å². The number of nitrogens with zero attached hydrogens (tertiary/aromatic N) is 2. The van der Waals surface area contributed by atoms with Gasteiger partial charge in [0.15, 0.2) is 0 Å². The molecule has 2 N–H and O–H groups in total. The van der Waals surface area contributed by atoms with E-state index in [0.717, 1.165) is 59.4 Å². The van der Waals surface area contributed by atoms with Crippen LogP contribution >= 0.6 is 11.6 Å². The number of allylic oxidation sites excluding steroid dienone is 1. The summed E-state index contributed by atoms with van der Waals surface area (Å²) in [6.45, 7) is 11.3. The second-order valence-corrected chi connectivity index (χ2v) is 16.3. The highest BCUT2D eigenvalue weighted by Crippen LogP contribution is 2.62. The van der Waals surface area contributed by atoms with Gasteiger partial charge in [-0.2, -0.15) is 0 Å². The normalized spacial score (nSPS) is 23.7. The highest BCUT2D eigenvalue weighted by molar-refractivity contribution is 6.18. The third kappa shape index (κ3) is 10.2. The minimum absolute atomic E-state index is 0.0571. The average Bonchev–Trinajstić information content (AvgIpc) is 3.24. The van der Waals surface area contributed by atoms with Gasteiger partial charge in [0.2, 0.25) is 5.79 Å². The zero-order chi connectivity index (χ0) is 41.8. The van der Waals surface area contributed by atoms with Crippen molar-refractivity contribution in [3.63, 3.8) is 0 Å². The molecule has 0 unspecified atom stereocenters. The first-order chi connectivity index (χ1) is 28.8.